The Morgan fingerprint density at radius 3 is 2.78 bits per heavy atom. The predicted octanol–water partition coefficient (Wildman–Crippen LogP) is 2.82. The normalized spacial score (nSPS) is 10.4. The second kappa shape index (κ2) is 5.60. The molecule has 4 heteroatoms. The first-order chi connectivity index (χ1) is 8.70. The van der Waals surface area contributed by atoms with Gasteiger partial charge >= 0.3 is 0 Å². The number of hydrogen-bond donors (Lipinski definition) is 1. The molecule has 0 aliphatic carbocycles. The summed E-state index contributed by atoms with van der Waals surface area (Å²) >= 11 is 0. The van der Waals surface area contributed by atoms with E-state index < -0.39 is 0 Å². The molecule has 0 aliphatic heterocycles. The third kappa shape index (κ3) is 2.84. The van der Waals surface area contributed by atoms with E-state index in [2.05, 4.69) is 4.98 Å². The molecule has 0 saturated carbocycles. The van der Waals surface area contributed by atoms with Crippen molar-refractivity contribution in [1.82, 2.24) is 4.98 Å². The Morgan fingerprint density at radius 1 is 1.28 bits per heavy atom. The SMILES string of the molecule is Cc1ccc(Oc2cccc(F)c2CCN)cn1. The molecule has 0 atom stereocenters. The van der Waals surface area contributed by atoms with Gasteiger partial charge in [0.15, 0.2) is 0 Å². The number of benzene rings is 1. The van der Waals surface area contributed by atoms with E-state index in [4.69, 9.17) is 10.5 Å². The molecule has 0 fully saturated rings. The number of nitrogens with zero attached hydrogens (tertiary/aromatic N) is 1. The number of aromatic nitrogens is 1. The molecule has 18 heavy (non-hydrogen) atoms. The van der Waals surface area contributed by atoms with Crippen LogP contribution in [0.4, 0.5) is 4.39 Å². The summed E-state index contributed by atoms with van der Waals surface area (Å²) in [6, 6.07) is 8.40. The smallest absolute Gasteiger partial charge is 0.145 e. The highest BCUT2D eigenvalue weighted by Crippen LogP contribution is 2.27. The second-order valence-electron chi connectivity index (χ2n) is 3.99. The zero-order valence-electron chi connectivity index (χ0n) is 10.2. The van der Waals surface area contributed by atoms with E-state index in [1.165, 1.54) is 6.07 Å². The summed E-state index contributed by atoms with van der Waals surface area (Å²) in [7, 11) is 0. The average Bonchev–Trinajstić information content (AvgIpc) is 2.36. The minimum Gasteiger partial charge on any atom is -0.455 e. The van der Waals surface area contributed by atoms with Crippen molar-refractivity contribution >= 4 is 0 Å². The van der Waals surface area contributed by atoms with E-state index in [1.807, 2.05) is 13.0 Å². The Labute approximate surface area is 105 Å². The second-order valence-corrected chi connectivity index (χ2v) is 3.99. The third-order valence-corrected chi connectivity index (χ3v) is 2.58. The highest BCUT2D eigenvalue weighted by Gasteiger charge is 2.09. The summed E-state index contributed by atoms with van der Waals surface area (Å²) in [5, 5.41) is 0. The van der Waals surface area contributed by atoms with Crippen molar-refractivity contribution in [3.05, 3.63) is 53.6 Å². The van der Waals surface area contributed by atoms with Crippen molar-refractivity contribution in [2.24, 2.45) is 5.73 Å². The summed E-state index contributed by atoms with van der Waals surface area (Å²) in [6.45, 7) is 2.27. The fourth-order valence-electron chi connectivity index (χ4n) is 1.66. The van der Waals surface area contributed by atoms with Gasteiger partial charge in [-0.25, -0.2) is 4.39 Å². The minimum absolute atomic E-state index is 0.293. The van der Waals surface area contributed by atoms with Gasteiger partial charge in [-0.1, -0.05) is 6.07 Å². The molecule has 0 aliphatic rings. The Kier molecular flexibility index (Phi) is 3.89. The van der Waals surface area contributed by atoms with Crippen LogP contribution in [-0.2, 0) is 6.42 Å². The van der Waals surface area contributed by atoms with E-state index in [9.17, 15) is 4.39 Å². The summed E-state index contributed by atoms with van der Waals surface area (Å²) in [4.78, 5) is 4.13. The molecule has 1 aromatic heterocycles. The Balaban J connectivity index is 2.28. The summed E-state index contributed by atoms with van der Waals surface area (Å²) in [5.41, 5.74) is 6.88. The van der Waals surface area contributed by atoms with Gasteiger partial charge < -0.3 is 10.5 Å². The van der Waals surface area contributed by atoms with Gasteiger partial charge in [0.2, 0.25) is 0 Å². The number of pyridine rings is 1. The zero-order valence-corrected chi connectivity index (χ0v) is 10.2. The standard InChI is InChI=1S/C14H15FN2O/c1-10-5-6-11(9-17-10)18-14-4-2-3-13(15)12(14)7-8-16/h2-6,9H,7-8,16H2,1H3. The van der Waals surface area contributed by atoms with Crippen LogP contribution in [0.1, 0.15) is 11.3 Å². The molecule has 94 valence electrons. The maximum absolute atomic E-state index is 13.7. The van der Waals surface area contributed by atoms with Crippen molar-refractivity contribution < 1.29 is 9.13 Å². The molecule has 0 saturated heterocycles. The van der Waals surface area contributed by atoms with Crippen LogP contribution < -0.4 is 10.5 Å². The zero-order chi connectivity index (χ0) is 13.0. The molecule has 2 rings (SSSR count). The van der Waals surface area contributed by atoms with E-state index in [1.54, 1.807) is 24.4 Å². The van der Waals surface area contributed by atoms with E-state index in [-0.39, 0.29) is 5.82 Å². The van der Waals surface area contributed by atoms with Crippen LogP contribution in [0.5, 0.6) is 11.5 Å². The maximum atomic E-state index is 13.7. The van der Waals surface area contributed by atoms with E-state index in [0.29, 0.717) is 30.0 Å². The van der Waals surface area contributed by atoms with Crippen LogP contribution in [0.3, 0.4) is 0 Å². The topological polar surface area (TPSA) is 48.1 Å². The quantitative estimate of drug-likeness (QED) is 0.902. The first kappa shape index (κ1) is 12.5. The molecule has 0 radical (unpaired) electrons. The fraction of sp³-hybridized carbons (Fsp3) is 0.214. The molecule has 1 heterocycles. The number of halogens is 1. The highest BCUT2D eigenvalue weighted by atomic mass is 19.1. The molecule has 0 amide bonds. The van der Waals surface area contributed by atoms with Crippen molar-refractivity contribution in [2.45, 2.75) is 13.3 Å². The largest absolute Gasteiger partial charge is 0.455 e. The van der Waals surface area contributed by atoms with Gasteiger partial charge in [0.25, 0.3) is 0 Å². The molecular weight excluding hydrogens is 231 g/mol. The molecule has 2 N–H and O–H groups in total. The van der Waals surface area contributed by atoms with Gasteiger partial charge in [-0.2, -0.15) is 0 Å². The van der Waals surface area contributed by atoms with Crippen molar-refractivity contribution in [3.8, 4) is 11.5 Å². The molecule has 0 spiro atoms. The molecule has 0 unspecified atom stereocenters. The van der Waals surface area contributed by atoms with Crippen LogP contribution in [-0.4, -0.2) is 11.5 Å². The minimum atomic E-state index is -0.293. The van der Waals surface area contributed by atoms with Gasteiger partial charge in [0.1, 0.15) is 17.3 Å². The van der Waals surface area contributed by atoms with Gasteiger partial charge in [0.05, 0.1) is 6.20 Å². The fourth-order valence-corrected chi connectivity index (χ4v) is 1.66. The first-order valence-electron chi connectivity index (χ1n) is 5.78. The predicted molar refractivity (Wildman–Crippen MR) is 68.2 cm³/mol. The lowest BCUT2D eigenvalue weighted by molar-refractivity contribution is 0.465. The van der Waals surface area contributed by atoms with Crippen LogP contribution in [0.25, 0.3) is 0 Å². The van der Waals surface area contributed by atoms with Gasteiger partial charge in [-0.05, 0) is 44.2 Å². The number of nitrogens with two attached hydrogens (primary N) is 1. The molecule has 2 aromatic rings. The van der Waals surface area contributed by atoms with Crippen LogP contribution in [0.2, 0.25) is 0 Å². The first-order valence-corrected chi connectivity index (χ1v) is 5.78. The Bertz CT molecular complexity index is 526. The lowest BCUT2D eigenvalue weighted by Crippen LogP contribution is -2.06. The lowest BCUT2D eigenvalue weighted by Gasteiger charge is -2.11. The van der Waals surface area contributed by atoms with E-state index in [0.717, 1.165) is 5.69 Å². The number of rotatable bonds is 4. The molecule has 3 nitrogen and oxygen atoms in total. The van der Waals surface area contributed by atoms with Crippen molar-refractivity contribution in [3.63, 3.8) is 0 Å². The maximum Gasteiger partial charge on any atom is 0.145 e. The number of ether oxygens (including phenoxy) is 1. The Morgan fingerprint density at radius 2 is 2.11 bits per heavy atom. The highest BCUT2D eigenvalue weighted by molar-refractivity contribution is 5.38. The average molecular weight is 246 g/mol. The van der Waals surface area contributed by atoms with Crippen molar-refractivity contribution in [2.75, 3.05) is 6.54 Å². The summed E-state index contributed by atoms with van der Waals surface area (Å²) in [6.07, 6.45) is 2.06. The third-order valence-electron chi connectivity index (χ3n) is 2.58. The monoisotopic (exact) mass is 246 g/mol. The number of aryl methyl sites for hydroxylation is 1. The summed E-state index contributed by atoms with van der Waals surface area (Å²) in [5.74, 6) is 0.786. The Hall–Kier alpha value is -1.94. The summed E-state index contributed by atoms with van der Waals surface area (Å²) < 4.78 is 19.3. The molecular formula is C14H15FN2O. The molecule has 0 bridgehead atoms. The number of hydrogen-bond acceptors (Lipinski definition) is 3. The van der Waals surface area contributed by atoms with Gasteiger partial charge in [-0.15, -0.1) is 0 Å². The lowest BCUT2D eigenvalue weighted by atomic mass is 10.1. The van der Waals surface area contributed by atoms with Crippen molar-refractivity contribution in [1.29, 1.82) is 0 Å². The van der Waals surface area contributed by atoms with Gasteiger partial charge in [0, 0.05) is 11.3 Å². The van der Waals surface area contributed by atoms with Crippen LogP contribution in [0.15, 0.2) is 36.5 Å². The van der Waals surface area contributed by atoms with Crippen LogP contribution in [0, 0.1) is 12.7 Å². The van der Waals surface area contributed by atoms with Gasteiger partial charge in [-0.3, -0.25) is 4.98 Å². The van der Waals surface area contributed by atoms with E-state index >= 15 is 0 Å². The van der Waals surface area contributed by atoms with Crippen LogP contribution >= 0.6 is 0 Å². The molecule has 1 aromatic carbocycles.